The molecule has 12 heteroatoms. The first kappa shape index (κ1) is 23.0. The van der Waals surface area contributed by atoms with Gasteiger partial charge in [0.15, 0.2) is 0 Å². The van der Waals surface area contributed by atoms with Gasteiger partial charge in [-0.05, 0) is 18.2 Å². The quantitative estimate of drug-likeness (QED) is 0.542. The molecule has 1 amide bonds. The summed E-state index contributed by atoms with van der Waals surface area (Å²) in [5.74, 6) is -7.62. The molecule has 1 N–H and O–H groups in total. The van der Waals surface area contributed by atoms with Crippen LogP contribution >= 0.6 is 12.2 Å². The summed E-state index contributed by atoms with van der Waals surface area (Å²) in [6.45, 7) is 0.593. The highest BCUT2D eigenvalue weighted by Gasteiger charge is 2.45. The zero-order valence-electron chi connectivity index (χ0n) is 16.6. The van der Waals surface area contributed by atoms with Crippen LogP contribution in [0.15, 0.2) is 24.3 Å². The molecular formula is C19H18F6N4OS. The lowest BCUT2D eigenvalue weighted by molar-refractivity contribution is -0.143. The van der Waals surface area contributed by atoms with Crippen LogP contribution in [-0.2, 0) is 23.9 Å². The van der Waals surface area contributed by atoms with Crippen LogP contribution in [-0.4, -0.2) is 39.2 Å². The molecule has 3 rings (SSSR count). The first-order valence-electron chi connectivity index (χ1n) is 9.05. The Balaban J connectivity index is 1.97. The lowest BCUT2D eigenvalue weighted by atomic mass is 9.91. The van der Waals surface area contributed by atoms with Gasteiger partial charge in [0.2, 0.25) is 5.91 Å². The summed E-state index contributed by atoms with van der Waals surface area (Å²) in [4.78, 5) is 14.6. The summed E-state index contributed by atoms with van der Waals surface area (Å²) in [6, 6.07) is 3.95. The molecule has 0 unspecified atom stereocenters. The molecule has 1 aromatic carbocycles. The van der Waals surface area contributed by atoms with Gasteiger partial charge in [0.05, 0.1) is 27.9 Å². The van der Waals surface area contributed by atoms with Crippen LogP contribution in [0.5, 0.6) is 0 Å². The number of nitrogens with one attached hydrogen (secondary N) is 1. The highest BCUT2D eigenvalue weighted by molar-refractivity contribution is 7.80. The van der Waals surface area contributed by atoms with E-state index in [4.69, 9.17) is 12.2 Å². The number of hydrogen-bond acceptors (Lipinski definition) is 3. The molecule has 2 aromatic rings. The third-order valence-electron chi connectivity index (χ3n) is 5.08. The fraction of sp³-hybridized carbons (Fsp3) is 0.421. The molecule has 0 aliphatic carbocycles. The number of hydrogen-bond donors (Lipinski definition) is 1. The molecule has 1 fully saturated rings. The maximum atomic E-state index is 14.0. The van der Waals surface area contributed by atoms with Crippen LogP contribution in [0.1, 0.15) is 29.8 Å². The van der Waals surface area contributed by atoms with Gasteiger partial charge in [-0.1, -0.05) is 18.3 Å². The van der Waals surface area contributed by atoms with E-state index in [9.17, 15) is 31.1 Å². The number of alkyl halides is 5. The van der Waals surface area contributed by atoms with Gasteiger partial charge in [-0.3, -0.25) is 9.48 Å². The monoisotopic (exact) mass is 464 g/mol. The number of carbonyl (C=O) groups excluding carboxylic acids is 1. The predicted molar refractivity (Wildman–Crippen MR) is 104 cm³/mol. The average molecular weight is 464 g/mol. The number of rotatable bonds is 4. The second-order valence-electron chi connectivity index (χ2n) is 7.42. The van der Waals surface area contributed by atoms with Gasteiger partial charge in [-0.2, -0.15) is 18.3 Å². The minimum absolute atomic E-state index is 0.0121. The van der Waals surface area contributed by atoms with Gasteiger partial charge < -0.3 is 10.2 Å². The molecule has 0 saturated carbocycles. The maximum Gasteiger partial charge on any atom is 0.433 e. The smallest absolute Gasteiger partial charge is 0.368 e. The summed E-state index contributed by atoms with van der Waals surface area (Å²) in [5.41, 5.74) is -2.44. The normalized spacial score (nSPS) is 19.8. The number of aromatic nitrogens is 2. The Kier molecular flexibility index (Phi) is 5.80. The van der Waals surface area contributed by atoms with Gasteiger partial charge in [-0.15, -0.1) is 0 Å². The third-order valence-corrected chi connectivity index (χ3v) is 5.64. The standard InChI is InChI=1S/C19H18F6N4OS/c1-18(21,22)15-10(20)5-4-6-11(15)26-16(30)14-9(8-28(2)17(14)31)12-7-13(19(23,24)25)29(3)27-12/h4-7,9,14H,8H2,1-3H3,(H,26,30)/t9-,14+/m1/s1. The summed E-state index contributed by atoms with van der Waals surface area (Å²) in [6.07, 6.45) is -4.65. The number of thiocarbonyl (C=S) groups is 1. The topological polar surface area (TPSA) is 50.2 Å². The van der Waals surface area contributed by atoms with Crippen molar-refractivity contribution in [1.29, 1.82) is 0 Å². The Bertz CT molecular complexity index is 1030. The number of likely N-dealkylation sites (N-methyl/N-ethyl adjacent to an activating group) is 1. The number of aryl methyl sites for hydroxylation is 1. The van der Waals surface area contributed by atoms with E-state index in [1.807, 2.05) is 0 Å². The van der Waals surface area contributed by atoms with Crippen molar-refractivity contribution in [2.45, 2.75) is 24.9 Å². The molecule has 1 saturated heterocycles. The van der Waals surface area contributed by atoms with Crippen LogP contribution in [0.3, 0.4) is 0 Å². The van der Waals surface area contributed by atoms with Crippen molar-refractivity contribution in [3.05, 3.63) is 47.0 Å². The lowest BCUT2D eigenvalue weighted by Gasteiger charge is -2.20. The summed E-state index contributed by atoms with van der Waals surface area (Å²) >= 11 is 5.26. The first-order valence-corrected chi connectivity index (χ1v) is 9.46. The molecular weight excluding hydrogens is 446 g/mol. The van der Waals surface area contributed by atoms with Crippen LogP contribution in [0.2, 0.25) is 0 Å². The Morgan fingerprint density at radius 1 is 1.23 bits per heavy atom. The second-order valence-corrected chi connectivity index (χ2v) is 7.84. The summed E-state index contributed by atoms with van der Waals surface area (Å²) in [7, 11) is 2.69. The number of halogens is 6. The molecule has 1 aliphatic heterocycles. The minimum atomic E-state index is -4.65. The molecule has 0 bridgehead atoms. The largest absolute Gasteiger partial charge is 0.433 e. The lowest BCUT2D eigenvalue weighted by Crippen LogP contribution is -2.32. The van der Waals surface area contributed by atoms with E-state index >= 15 is 0 Å². The van der Waals surface area contributed by atoms with E-state index in [0.717, 1.165) is 31.3 Å². The van der Waals surface area contributed by atoms with Crippen LogP contribution < -0.4 is 5.32 Å². The van der Waals surface area contributed by atoms with Crippen molar-refractivity contribution in [1.82, 2.24) is 14.7 Å². The van der Waals surface area contributed by atoms with Crippen molar-refractivity contribution < 1.29 is 31.1 Å². The summed E-state index contributed by atoms with van der Waals surface area (Å²) < 4.78 is 82.0. The highest BCUT2D eigenvalue weighted by Crippen LogP contribution is 2.39. The van der Waals surface area contributed by atoms with Gasteiger partial charge in [0.1, 0.15) is 11.5 Å². The number of likely N-dealkylation sites (tertiary alicyclic amines) is 1. The Labute approximate surface area is 179 Å². The zero-order valence-corrected chi connectivity index (χ0v) is 17.4. The zero-order chi connectivity index (χ0) is 23.3. The van der Waals surface area contributed by atoms with Crippen LogP contribution in [0.4, 0.5) is 32.0 Å². The predicted octanol–water partition coefficient (Wildman–Crippen LogP) is 4.30. The molecule has 31 heavy (non-hydrogen) atoms. The van der Waals surface area contributed by atoms with Crippen molar-refractivity contribution >= 4 is 28.8 Å². The molecule has 0 spiro atoms. The molecule has 1 aliphatic rings. The van der Waals surface area contributed by atoms with E-state index < -0.39 is 52.6 Å². The van der Waals surface area contributed by atoms with Crippen molar-refractivity contribution in [3.8, 4) is 0 Å². The van der Waals surface area contributed by atoms with Gasteiger partial charge >= 0.3 is 6.18 Å². The Hall–Kier alpha value is -2.63. The van der Waals surface area contributed by atoms with Crippen molar-refractivity contribution in [2.75, 3.05) is 18.9 Å². The van der Waals surface area contributed by atoms with Gasteiger partial charge in [0.25, 0.3) is 5.92 Å². The first-order chi connectivity index (χ1) is 14.2. The molecule has 2 heterocycles. The van der Waals surface area contributed by atoms with Crippen LogP contribution in [0, 0.1) is 11.7 Å². The number of benzene rings is 1. The molecule has 0 radical (unpaired) electrons. The van der Waals surface area contributed by atoms with E-state index in [0.29, 0.717) is 11.6 Å². The minimum Gasteiger partial charge on any atom is -0.368 e. The third kappa shape index (κ3) is 4.39. The molecule has 1 aromatic heterocycles. The number of nitrogens with zero attached hydrogens (tertiary/aromatic N) is 3. The SMILES string of the molecule is CN1C[C@H](c2cc(C(F)(F)F)n(C)n2)[C@@H](C(=O)Nc2cccc(F)c2C(C)(F)F)C1=S. The Morgan fingerprint density at radius 3 is 2.42 bits per heavy atom. The number of carbonyl (C=O) groups is 1. The van der Waals surface area contributed by atoms with Crippen molar-refractivity contribution in [2.24, 2.45) is 13.0 Å². The van der Waals surface area contributed by atoms with E-state index in [-0.39, 0.29) is 17.2 Å². The maximum absolute atomic E-state index is 14.0. The van der Waals surface area contributed by atoms with Gasteiger partial charge in [0, 0.05) is 33.5 Å². The average Bonchev–Trinajstić information content (AvgIpc) is 3.14. The molecule has 5 nitrogen and oxygen atoms in total. The van der Waals surface area contributed by atoms with E-state index in [1.165, 1.54) is 4.90 Å². The van der Waals surface area contributed by atoms with Crippen LogP contribution in [0.25, 0.3) is 0 Å². The number of anilines is 1. The van der Waals surface area contributed by atoms with E-state index in [2.05, 4.69) is 10.4 Å². The number of amides is 1. The van der Waals surface area contributed by atoms with E-state index in [1.54, 1.807) is 7.05 Å². The Morgan fingerprint density at radius 2 is 1.87 bits per heavy atom. The highest BCUT2D eigenvalue weighted by atomic mass is 32.1. The van der Waals surface area contributed by atoms with Gasteiger partial charge in [-0.25, -0.2) is 13.2 Å². The second kappa shape index (κ2) is 7.81. The van der Waals surface area contributed by atoms with Crippen molar-refractivity contribution in [3.63, 3.8) is 0 Å². The fourth-order valence-corrected chi connectivity index (χ4v) is 4.03. The molecule has 2 atom stereocenters. The summed E-state index contributed by atoms with van der Waals surface area (Å²) in [5, 5.41) is 6.16. The molecule has 168 valence electrons. The fourth-order valence-electron chi connectivity index (χ4n) is 3.68.